The maximum absolute atomic E-state index is 14.6. The summed E-state index contributed by atoms with van der Waals surface area (Å²) in [6.45, 7) is 2.11. The zero-order valence-corrected chi connectivity index (χ0v) is 18.2. The van der Waals surface area contributed by atoms with Gasteiger partial charge in [0.1, 0.15) is 23.2 Å². The number of hydrogen-bond acceptors (Lipinski definition) is 1. The lowest BCUT2D eigenvalue weighted by molar-refractivity contribution is -0.187. The molecule has 0 heterocycles. The van der Waals surface area contributed by atoms with E-state index in [0.29, 0.717) is 17.4 Å². The van der Waals surface area contributed by atoms with Crippen molar-refractivity contribution in [3.8, 4) is 17.6 Å². The van der Waals surface area contributed by atoms with Crippen LogP contribution in [-0.2, 0) is 6.11 Å². The number of benzene rings is 2. The fraction of sp³-hybridized carbons (Fsp3) is 0.440. The van der Waals surface area contributed by atoms with Crippen LogP contribution in [0.5, 0.6) is 5.75 Å². The predicted octanol–water partition coefficient (Wildman–Crippen LogP) is 8.22. The molecule has 0 saturated heterocycles. The monoisotopic (exact) mass is 490 g/mol. The van der Waals surface area contributed by atoms with E-state index < -0.39 is 46.6 Å². The molecule has 0 amide bonds. The Bertz CT molecular complexity index is 1050. The topological polar surface area (TPSA) is 9.23 Å². The Balaban J connectivity index is 1.77. The van der Waals surface area contributed by atoms with E-state index in [1.807, 2.05) is 0 Å². The van der Waals surface area contributed by atoms with Gasteiger partial charge in [0.2, 0.25) is 0 Å². The van der Waals surface area contributed by atoms with Gasteiger partial charge in [-0.05, 0) is 55.2 Å². The third-order valence-electron chi connectivity index (χ3n) is 5.91. The highest BCUT2D eigenvalue weighted by atomic mass is 19.4. The smallest absolute Gasteiger partial charge is 0.429 e. The number of alkyl halides is 5. The Morgan fingerprint density at radius 3 is 2.03 bits per heavy atom. The zero-order chi connectivity index (χ0) is 25.1. The quantitative estimate of drug-likeness (QED) is 0.293. The second kappa shape index (κ2) is 10.2. The van der Waals surface area contributed by atoms with Gasteiger partial charge in [0, 0.05) is 18.1 Å². The summed E-state index contributed by atoms with van der Waals surface area (Å²) in [4.78, 5) is 0. The zero-order valence-electron chi connectivity index (χ0n) is 18.2. The SMILES string of the molecule is CCCC1CCC(c2ccc(C(F)(F)Oc3cc(F)c(C#CC(F)(F)F)c(F)c3)c(F)c2)CC1. The van der Waals surface area contributed by atoms with Crippen LogP contribution in [0, 0.1) is 35.2 Å². The van der Waals surface area contributed by atoms with Gasteiger partial charge in [0.25, 0.3) is 0 Å². The lowest BCUT2D eigenvalue weighted by Gasteiger charge is -2.29. The van der Waals surface area contributed by atoms with E-state index in [1.54, 1.807) is 0 Å². The molecular formula is C25H22F8O. The van der Waals surface area contributed by atoms with Crippen molar-refractivity contribution in [3.05, 3.63) is 64.5 Å². The van der Waals surface area contributed by atoms with Gasteiger partial charge in [0.05, 0.1) is 11.1 Å². The van der Waals surface area contributed by atoms with Crippen LogP contribution in [0.4, 0.5) is 35.1 Å². The van der Waals surface area contributed by atoms with Crippen molar-refractivity contribution in [2.75, 3.05) is 0 Å². The molecule has 1 nitrogen and oxygen atoms in total. The van der Waals surface area contributed by atoms with Crippen LogP contribution < -0.4 is 4.74 Å². The largest absolute Gasteiger partial charge is 0.458 e. The van der Waals surface area contributed by atoms with Crippen LogP contribution in [0.3, 0.4) is 0 Å². The maximum atomic E-state index is 14.6. The molecule has 0 unspecified atom stereocenters. The summed E-state index contributed by atoms with van der Waals surface area (Å²) in [5.41, 5.74) is -1.79. The summed E-state index contributed by atoms with van der Waals surface area (Å²) in [5.74, 6) is -2.88. The minimum Gasteiger partial charge on any atom is -0.429 e. The molecule has 1 saturated carbocycles. The van der Waals surface area contributed by atoms with E-state index in [9.17, 15) is 35.1 Å². The molecule has 0 radical (unpaired) electrons. The number of hydrogen-bond donors (Lipinski definition) is 0. The van der Waals surface area contributed by atoms with Gasteiger partial charge < -0.3 is 4.74 Å². The summed E-state index contributed by atoms with van der Waals surface area (Å²) >= 11 is 0. The van der Waals surface area contributed by atoms with Crippen LogP contribution in [0.1, 0.15) is 68.1 Å². The number of rotatable bonds is 6. The first-order chi connectivity index (χ1) is 15.9. The Morgan fingerprint density at radius 2 is 1.50 bits per heavy atom. The molecular weight excluding hydrogens is 468 g/mol. The van der Waals surface area contributed by atoms with Crippen LogP contribution in [-0.4, -0.2) is 6.18 Å². The number of halogens is 8. The average molecular weight is 490 g/mol. The van der Waals surface area contributed by atoms with Gasteiger partial charge in [-0.25, -0.2) is 13.2 Å². The van der Waals surface area contributed by atoms with Crippen molar-refractivity contribution in [1.29, 1.82) is 0 Å². The number of ether oxygens (including phenoxy) is 1. The van der Waals surface area contributed by atoms with Gasteiger partial charge >= 0.3 is 12.3 Å². The van der Waals surface area contributed by atoms with Gasteiger partial charge in [-0.3, -0.25) is 0 Å². The fourth-order valence-electron chi connectivity index (χ4n) is 4.28. The molecule has 0 spiro atoms. The van der Waals surface area contributed by atoms with Gasteiger partial charge in [-0.2, -0.15) is 22.0 Å². The molecule has 0 atom stereocenters. The first-order valence-corrected chi connectivity index (χ1v) is 10.8. The molecule has 184 valence electrons. The molecule has 0 aliphatic heterocycles. The predicted molar refractivity (Wildman–Crippen MR) is 110 cm³/mol. The van der Waals surface area contributed by atoms with E-state index in [2.05, 4.69) is 11.7 Å². The fourth-order valence-corrected chi connectivity index (χ4v) is 4.28. The van der Waals surface area contributed by atoms with E-state index in [-0.39, 0.29) is 18.1 Å². The first-order valence-electron chi connectivity index (χ1n) is 10.8. The molecule has 3 rings (SSSR count). The second-order valence-electron chi connectivity index (χ2n) is 8.37. The molecule has 1 aliphatic carbocycles. The highest BCUT2D eigenvalue weighted by Crippen LogP contribution is 2.40. The lowest BCUT2D eigenvalue weighted by atomic mass is 9.77. The maximum Gasteiger partial charge on any atom is 0.458 e. The third kappa shape index (κ3) is 6.43. The molecule has 0 aromatic heterocycles. The molecule has 0 N–H and O–H groups in total. The van der Waals surface area contributed by atoms with E-state index in [4.69, 9.17) is 0 Å². The standard InChI is InChI=1S/C25H22F8O/c1-2-3-15-4-6-16(7-5-15)17-8-9-20(23(28)12-17)25(32,33)34-18-13-21(26)19(22(27)14-18)10-11-24(29,30)31/h8-9,12-16H,2-7H2,1H3. The van der Waals surface area contributed by atoms with Crippen LogP contribution in [0.15, 0.2) is 30.3 Å². The molecule has 1 aliphatic rings. The van der Waals surface area contributed by atoms with Gasteiger partial charge in [-0.1, -0.05) is 31.8 Å². The van der Waals surface area contributed by atoms with Crippen molar-refractivity contribution >= 4 is 0 Å². The summed E-state index contributed by atoms with van der Waals surface area (Å²) in [6.07, 6.45) is -3.44. The van der Waals surface area contributed by atoms with E-state index in [1.165, 1.54) is 12.0 Å². The van der Waals surface area contributed by atoms with E-state index >= 15 is 0 Å². The molecule has 0 bridgehead atoms. The van der Waals surface area contributed by atoms with Crippen molar-refractivity contribution in [3.63, 3.8) is 0 Å². The average Bonchev–Trinajstić information content (AvgIpc) is 2.72. The Kier molecular flexibility index (Phi) is 7.79. The normalized spacial score (nSPS) is 18.9. The Morgan fingerprint density at radius 1 is 0.882 bits per heavy atom. The van der Waals surface area contributed by atoms with Crippen molar-refractivity contribution in [1.82, 2.24) is 0 Å². The van der Waals surface area contributed by atoms with Gasteiger partial charge in [0.15, 0.2) is 0 Å². The minimum absolute atomic E-state index is 0.0553. The van der Waals surface area contributed by atoms with Gasteiger partial charge in [-0.15, -0.1) is 0 Å². The Labute approximate surface area is 192 Å². The van der Waals surface area contributed by atoms with Crippen molar-refractivity contribution in [2.24, 2.45) is 5.92 Å². The van der Waals surface area contributed by atoms with Crippen LogP contribution in [0.25, 0.3) is 0 Å². The summed E-state index contributed by atoms with van der Waals surface area (Å²) in [6, 6.07) is 3.81. The Hall–Kier alpha value is -2.76. The lowest BCUT2D eigenvalue weighted by Crippen LogP contribution is -2.24. The second-order valence-corrected chi connectivity index (χ2v) is 8.37. The van der Waals surface area contributed by atoms with Crippen LogP contribution in [0.2, 0.25) is 0 Å². The van der Waals surface area contributed by atoms with Crippen LogP contribution >= 0.6 is 0 Å². The summed E-state index contributed by atoms with van der Waals surface area (Å²) in [7, 11) is 0. The molecule has 9 heteroatoms. The van der Waals surface area contributed by atoms with Crippen molar-refractivity contribution < 1.29 is 39.9 Å². The molecule has 2 aromatic rings. The first kappa shape index (κ1) is 25.9. The summed E-state index contributed by atoms with van der Waals surface area (Å²) < 4.78 is 113. The summed E-state index contributed by atoms with van der Waals surface area (Å²) in [5, 5.41) is 0. The molecule has 2 aromatic carbocycles. The molecule has 1 fully saturated rings. The van der Waals surface area contributed by atoms with E-state index in [0.717, 1.165) is 50.7 Å². The highest BCUT2D eigenvalue weighted by Gasteiger charge is 2.38. The van der Waals surface area contributed by atoms with Crippen molar-refractivity contribution in [2.45, 2.75) is 63.7 Å². The highest BCUT2D eigenvalue weighted by molar-refractivity contribution is 5.42. The third-order valence-corrected chi connectivity index (χ3v) is 5.91. The minimum atomic E-state index is -5.00. The molecule has 34 heavy (non-hydrogen) atoms.